The zero-order valence-electron chi connectivity index (χ0n) is 33.7. The van der Waals surface area contributed by atoms with Crippen LogP contribution in [0.1, 0.15) is 38.8 Å². The highest BCUT2D eigenvalue weighted by atomic mass is 16.5. The van der Waals surface area contributed by atoms with E-state index in [-0.39, 0.29) is 33.5 Å². The van der Waals surface area contributed by atoms with Gasteiger partial charge in [0.15, 0.2) is 11.0 Å². The van der Waals surface area contributed by atoms with Gasteiger partial charge in [-0.3, -0.25) is 9.59 Å². The van der Waals surface area contributed by atoms with Crippen molar-refractivity contribution in [1.29, 1.82) is 0 Å². The Bertz CT molecular complexity index is 2950. The molecule has 0 aliphatic heterocycles. The molecule has 0 radical (unpaired) electrons. The van der Waals surface area contributed by atoms with Crippen molar-refractivity contribution in [3.8, 4) is 56.5 Å². The van der Waals surface area contributed by atoms with E-state index < -0.39 is 23.1 Å². The third-order valence-corrected chi connectivity index (χ3v) is 9.34. The van der Waals surface area contributed by atoms with Gasteiger partial charge in [0.25, 0.3) is 11.1 Å². The molecule has 0 fully saturated rings. The number of carboxylic acids is 2. The number of hydrogen-bond donors (Lipinski definition) is 6. The molecule has 8 rings (SSSR count). The van der Waals surface area contributed by atoms with Gasteiger partial charge in [-0.05, 0) is 110 Å². The van der Waals surface area contributed by atoms with E-state index in [0.717, 1.165) is 33.4 Å². The molecule has 312 valence electrons. The Morgan fingerprint density at radius 1 is 0.581 bits per heavy atom. The number of ether oxygens (including phenoxy) is 2. The quantitative estimate of drug-likeness (QED) is 0.0716. The Hall–Kier alpha value is -8.54. The largest absolute Gasteiger partial charge is 0.493 e. The van der Waals surface area contributed by atoms with Gasteiger partial charge in [0.2, 0.25) is 11.3 Å². The smallest absolute Gasteiger partial charge is 0.331 e. The molecule has 0 aliphatic rings. The van der Waals surface area contributed by atoms with E-state index in [1.807, 2.05) is 98.8 Å². The molecule has 0 saturated carbocycles. The highest BCUT2D eigenvalue weighted by Crippen LogP contribution is 2.35. The van der Waals surface area contributed by atoms with Crippen LogP contribution in [0.4, 0.5) is 0 Å². The van der Waals surface area contributed by atoms with E-state index >= 15 is 0 Å². The molecule has 8 aromatic rings. The van der Waals surface area contributed by atoms with Gasteiger partial charge < -0.3 is 29.7 Å². The van der Waals surface area contributed by atoms with E-state index in [2.05, 4.69) is 50.8 Å². The molecule has 0 aliphatic carbocycles. The molecule has 0 unspecified atom stereocenters. The molecule has 0 bridgehead atoms. The minimum Gasteiger partial charge on any atom is -0.493 e. The van der Waals surface area contributed by atoms with Crippen molar-refractivity contribution in [3.05, 3.63) is 128 Å². The molecule has 0 spiro atoms. The summed E-state index contributed by atoms with van der Waals surface area (Å²) in [5.41, 5.74) is 6.77. The Morgan fingerprint density at radius 3 is 1.37 bits per heavy atom. The van der Waals surface area contributed by atoms with Crippen molar-refractivity contribution in [2.24, 2.45) is 0 Å². The van der Waals surface area contributed by atoms with Crippen LogP contribution in [0.15, 0.2) is 106 Å². The van der Waals surface area contributed by atoms with E-state index in [1.54, 1.807) is 26.0 Å². The lowest BCUT2D eigenvalue weighted by molar-refractivity contribution is -0.133. The van der Waals surface area contributed by atoms with Gasteiger partial charge in [-0.2, -0.15) is 10.4 Å². The van der Waals surface area contributed by atoms with Crippen molar-refractivity contribution < 1.29 is 29.3 Å². The van der Waals surface area contributed by atoms with E-state index in [1.165, 1.54) is 0 Å². The molecular weight excluding hydrogens is 797 g/mol. The summed E-state index contributed by atoms with van der Waals surface area (Å²) in [5.74, 6) is -0.162. The lowest BCUT2D eigenvalue weighted by Gasteiger charge is -2.12. The summed E-state index contributed by atoms with van der Waals surface area (Å²) >= 11 is 0. The summed E-state index contributed by atoms with van der Waals surface area (Å²) in [6.45, 7) is 7.69. The molecule has 0 saturated heterocycles. The lowest BCUT2D eigenvalue weighted by Crippen LogP contribution is -2.10. The minimum atomic E-state index is -0.959. The summed E-state index contributed by atoms with van der Waals surface area (Å²) in [5, 5.41) is 38.4. The predicted octanol–water partition coefficient (Wildman–Crippen LogP) is 6.52. The molecule has 6 N–H and O–H groups in total. The predicted molar refractivity (Wildman–Crippen MR) is 231 cm³/mol. The van der Waals surface area contributed by atoms with Gasteiger partial charge in [0.05, 0.1) is 24.3 Å². The van der Waals surface area contributed by atoms with Crippen LogP contribution in [0.5, 0.6) is 11.5 Å². The number of H-pyrrole nitrogens is 4. The summed E-state index contributed by atoms with van der Waals surface area (Å²) < 4.78 is 11.6. The topological polar surface area (TPSA) is 268 Å². The Morgan fingerprint density at radius 2 is 0.984 bits per heavy atom. The number of aromatic amines is 4. The fourth-order valence-corrected chi connectivity index (χ4v) is 6.35. The Labute approximate surface area is 351 Å². The zero-order chi connectivity index (χ0) is 43.9. The van der Waals surface area contributed by atoms with E-state index in [4.69, 9.17) is 19.7 Å². The summed E-state index contributed by atoms with van der Waals surface area (Å²) in [6, 6.07) is 26.2. The van der Waals surface area contributed by atoms with Crippen LogP contribution in [-0.4, -0.2) is 86.1 Å². The van der Waals surface area contributed by atoms with Crippen molar-refractivity contribution in [2.45, 2.75) is 27.7 Å². The van der Waals surface area contributed by atoms with Crippen LogP contribution >= 0.6 is 0 Å². The third-order valence-electron chi connectivity index (χ3n) is 9.34. The number of carboxylic acid groups (broad SMARTS) is 2. The Kier molecular flexibility index (Phi) is 12.2. The van der Waals surface area contributed by atoms with Crippen LogP contribution in [-0.2, 0) is 9.59 Å². The highest BCUT2D eigenvalue weighted by Gasteiger charge is 2.17. The van der Waals surface area contributed by atoms with E-state index in [9.17, 15) is 19.2 Å². The number of rotatable bonds is 12. The summed E-state index contributed by atoms with van der Waals surface area (Å²) in [7, 11) is 0. The second-order valence-corrected chi connectivity index (χ2v) is 13.6. The summed E-state index contributed by atoms with van der Waals surface area (Å²) in [4.78, 5) is 60.9. The molecule has 62 heavy (non-hydrogen) atoms. The van der Waals surface area contributed by atoms with E-state index in [0.29, 0.717) is 47.5 Å². The standard InChI is InChI=1S/2C22H19N5O4/c2*1-3-31-17-11-15(14-6-4-5-13(10-14)9-12(2)22(29)30)7-8-16(17)19-23-20-18(21(28)24-19)25-27-26-20/h2*4-11H,3H2,1-2H3,(H,29,30)(H2,23,24,25,26,27,28)/b12-9+;12-9-. The molecule has 18 nitrogen and oxygen atoms in total. The third kappa shape index (κ3) is 9.18. The van der Waals surface area contributed by atoms with Gasteiger partial charge in [-0.15, -0.1) is 20.4 Å². The number of carbonyl (C=O) groups is 2. The first-order chi connectivity index (χ1) is 29.9. The zero-order valence-corrected chi connectivity index (χ0v) is 33.7. The maximum atomic E-state index is 12.3. The minimum absolute atomic E-state index is 0.139. The van der Waals surface area contributed by atoms with Gasteiger partial charge in [0, 0.05) is 11.1 Å². The van der Waals surface area contributed by atoms with Crippen molar-refractivity contribution in [1.82, 2.24) is 50.8 Å². The maximum Gasteiger partial charge on any atom is 0.331 e. The van der Waals surface area contributed by atoms with Crippen molar-refractivity contribution >= 4 is 46.4 Å². The maximum absolute atomic E-state index is 12.3. The lowest BCUT2D eigenvalue weighted by atomic mass is 10.00. The molecular formula is C44H38N10O8. The second kappa shape index (κ2) is 18.2. The first-order valence-electron chi connectivity index (χ1n) is 19.1. The van der Waals surface area contributed by atoms with Gasteiger partial charge in [-0.25, -0.2) is 19.6 Å². The average molecular weight is 835 g/mol. The van der Waals surface area contributed by atoms with Crippen LogP contribution in [0.2, 0.25) is 0 Å². The van der Waals surface area contributed by atoms with Crippen LogP contribution in [0.3, 0.4) is 0 Å². The molecule has 4 aromatic heterocycles. The monoisotopic (exact) mass is 834 g/mol. The number of nitrogens with one attached hydrogen (secondary N) is 4. The fraction of sp³-hybridized carbons (Fsp3) is 0.136. The van der Waals surface area contributed by atoms with Crippen molar-refractivity contribution in [3.63, 3.8) is 0 Å². The van der Waals surface area contributed by atoms with Crippen LogP contribution in [0, 0.1) is 0 Å². The number of aromatic nitrogens is 10. The molecule has 4 heterocycles. The molecule has 18 heteroatoms. The first kappa shape index (κ1) is 41.6. The van der Waals surface area contributed by atoms with Crippen LogP contribution < -0.4 is 20.6 Å². The summed E-state index contributed by atoms with van der Waals surface area (Å²) in [6.07, 6.45) is 3.23. The Balaban J connectivity index is 0.000000186. The van der Waals surface area contributed by atoms with Gasteiger partial charge >= 0.3 is 11.9 Å². The average Bonchev–Trinajstić information content (AvgIpc) is 3.95. The number of nitrogens with zero attached hydrogens (tertiary/aromatic N) is 6. The normalized spacial score (nSPS) is 11.6. The first-order valence-corrected chi connectivity index (χ1v) is 19.1. The molecule has 0 amide bonds. The van der Waals surface area contributed by atoms with Crippen molar-refractivity contribution in [2.75, 3.05) is 13.2 Å². The van der Waals surface area contributed by atoms with Gasteiger partial charge in [-0.1, -0.05) is 48.5 Å². The molecule has 0 atom stereocenters. The number of hydrogen-bond acceptors (Lipinski definition) is 12. The highest BCUT2D eigenvalue weighted by molar-refractivity contribution is 5.92. The number of aliphatic carboxylic acids is 2. The number of fused-ring (bicyclic) bond motifs is 2. The SMILES string of the molecule is CCOc1cc(-c2cccc(/C=C(/C)C(=O)O)c2)ccc1-c1nc2n[nH]nc2c(=O)[nH]1.CCOc1cc(-c2cccc(/C=C(\C)C(=O)O)c2)ccc1-c1nc2n[nH]nc2c(=O)[nH]1. The second-order valence-electron chi connectivity index (χ2n) is 13.6. The van der Waals surface area contributed by atoms with Crippen LogP contribution in [0.25, 0.3) is 79.5 Å². The number of benzene rings is 4. The fourth-order valence-electron chi connectivity index (χ4n) is 6.35. The van der Waals surface area contributed by atoms with Gasteiger partial charge in [0.1, 0.15) is 23.1 Å². The molecule has 4 aromatic carbocycles.